The van der Waals surface area contributed by atoms with E-state index in [9.17, 15) is 13.6 Å². The number of ether oxygens (including phenoxy) is 1. The maximum Gasteiger partial charge on any atom is 0.258 e. The van der Waals surface area contributed by atoms with Crippen molar-refractivity contribution < 1.29 is 18.3 Å². The van der Waals surface area contributed by atoms with Crippen LogP contribution in [0.2, 0.25) is 0 Å². The van der Waals surface area contributed by atoms with E-state index >= 15 is 0 Å². The first-order valence-corrected chi connectivity index (χ1v) is 9.87. The summed E-state index contributed by atoms with van der Waals surface area (Å²) >= 11 is 0. The monoisotopic (exact) mass is 416 g/mol. The van der Waals surface area contributed by atoms with Crippen molar-refractivity contribution in [1.29, 1.82) is 0 Å². The number of nitrogens with zero attached hydrogens (tertiary/aromatic N) is 3. The largest absolute Gasteiger partial charge is 0.470 e. The number of rotatable bonds is 8. The minimum Gasteiger partial charge on any atom is -0.470 e. The van der Waals surface area contributed by atoms with Crippen LogP contribution in [0, 0.1) is 25.5 Å². The van der Waals surface area contributed by atoms with Crippen LogP contribution in [0.15, 0.2) is 24.4 Å². The minimum atomic E-state index is -0.699. The van der Waals surface area contributed by atoms with E-state index in [4.69, 9.17) is 10.5 Å². The van der Waals surface area contributed by atoms with E-state index in [0.717, 1.165) is 6.42 Å². The second-order valence-electron chi connectivity index (χ2n) is 7.85. The third-order valence-electron chi connectivity index (χ3n) is 5.28. The van der Waals surface area contributed by atoms with Crippen molar-refractivity contribution in [1.82, 2.24) is 14.4 Å². The van der Waals surface area contributed by atoms with Crippen molar-refractivity contribution in [3.05, 3.63) is 58.7 Å². The Morgan fingerprint density at radius 1 is 1.23 bits per heavy atom. The number of hydrogen-bond acceptors (Lipinski definition) is 5. The lowest BCUT2D eigenvalue weighted by Gasteiger charge is -2.21. The highest BCUT2D eigenvalue weighted by Gasteiger charge is 2.23. The predicted molar refractivity (Wildman–Crippen MR) is 110 cm³/mol. The van der Waals surface area contributed by atoms with Gasteiger partial charge in [-0.2, -0.15) is 0 Å². The van der Waals surface area contributed by atoms with Gasteiger partial charge in [0.15, 0.2) is 5.78 Å². The summed E-state index contributed by atoms with van der Waals surface area (Å²) in [5, 5.41) is 0. The van der Waals surface area contributed by atoms with Crippen LogP contribution in [0.4, 0.5) is 8.78 Å². The number of aryl methyl sites for hydroxylation is 2. The Hall–Kier alpha value is -2.87. The summed E-state index contributed by atoms with van der Waals surface area (Å²) in [6.45, 7) is 7.04. The van der Waals surface area contributed by atoms with Gasteiger partial charge in [-0.3, -0.25) is 9.20 Å². The topological polar surface area (TPSA) is 82.5 Å². The van der Waals surface area contributed by atoms with Crippen molar-refractivity contribution >= 4 is 11.4 Å². The van der Waals surface area contributed by atoms with E-state index in [1.807, 2.05) is 13.8 Å². The molecule has 0 fully saturated rings. The Morgan fingerprint density at radius 2 is 1.90 bits per heavy atom. The molecule has 2 heterocycles. The molecule has 8 heteroatoms. The fourth-order valence-corrected chi connectivity index (χ4v) is 3.19. The zero-order valence-electron chi connectivity index (χ0n) is 17.6. The van der Waals surface area contributed by atoms with Crippen molar-refractivity contribution in [2.24, 2.45) is 5.73 Å². The molecule has 0 saturated heterocycles. The molecule has 0 radical (unpaired) electrons. The summed E-state index contributed by atoms with van der Waals surface area (Å²) in [5.74, 6) is -1.37. The minimum absolute atomic E-state index is 0.0816. The van der Waals surface area contributed by atoms with Crippen LogP contribution >= 0.6 is 0 Å². The van der Waals surface area contributed by atoms with E-state index in [1.165, 1.54) is 18.2 Å². The highest BCUT2D eigenvalue weighted by atomic mass is 19.1. The van der Waals surface area contributed by atoms with Gasteiger partial charge in [-0.25, -0.2) is 18.7 Å². The van der Waals surface area contributed by atoms with Crippen molar-refractivity contribution in [2.75, 3.05) is 0 Å². The van der Waals surface area contributed by atoms with E-state index in [0.29, 0.717) is 29.1 Å². The summed E-state index contributed by atoms with van der Waals surface area (Å²) < 4.78 is 35.1. The molecule has 0 saturated carbocycles. The molecule has 160 valence electrons. The predicted octanol–water partition coefficient (Wildman–Crippen LogP) is 4.29. The normalized spacial score (nSPS) is 13.4. The molecule has 0 aliphatic rings. The SMILES string of the molecule is CCC(C)(N)CCC(=O)c1c(C)nc2c(OCc3c(F)cccc3F)nc(C)cn12. The Labute approximate surface area is 174 Å². The number of Topliss-reactive ketones (excluding diaryl/α,β-unsaturated/α-hetero) is 1. The lowest BCUT2D eigenvalue weighted by molar-refractivity contribution is 0.0964. The molecule has 6 nitrogen and oxygen atoms in total. The molecule has 3 rings (SSSR count). The van der Waals surface area contributed by atoms with E-state index in [1.54, 1.807) is 24.4 Å². The zero-order chi connectivity index (χ0) is 22.1. The van der Waals surface area contributed by atoms with Gasteiger partial charge in [0.1, 0.15) is 23.9 Å². The molecule has 1 unspecified atom stereocenters. The number of carbonyl (C=O) groups excluding carboxylic acids is 1. The maximum absolute atomic E-state index is 13.9. The highest BCUT2D eigenvalue weighted by Crippen LogP contribution is 2.25. The molecule has 0 bridgehead atoms. The number of carbonyl (C=O) groups is 1. The van der Waals surface area contributed by atoms with Crippen molar-refractivity contribution in [3.8, 4) is 5.88 Å². The summed E-state index contributed by atoms with van der Waals surface area (Å²) in [4.78, 5) is 21.7. The first kappa shape index (κ1) is 21.8. The Morgan fingerprint density at radius 3 is 2.53 bits per heavy atom. The number of imidazole rings is 1. The van der Waals surface area contributed by atoms with Gasteiger partial charge in [-0.05, 0) is 45.7 Å². The van der Waals surface area contributed by atoms with Crippen LogP contribution in [0.1, 0.15) is 60.5 Å². The van der Waals surface area contributed by atoms with Gasteiger partial charge in [0.2, 0.25) is 5.65 Å². The van der Waals surface area contributed by atoms with Gasteiger partial charge < -0.3 is 10.5 Å². The molecule has 0 aliphatic carbocycles. The number of halogens is 2. The van der Waals surface area contributed by atoms with Crippen molar-refractivity contribution in [3.63, 3.8) is 0 Å². The summed E-state index contributed by atoms with van der Waals surface area (Å²) in [7, 11) is 0. The first-order chi connectivity index (χ1) is 14.1. The molecule has 2 aromatic heterocycles. The number of hydrogen-bond donors (Lipinski definition) is 1. The second-order valence-corrected chi connectivity index (χ2v) is 7.85. The fourth-order valence-electron chi connectivity index (χ4n) is 3.19. The second kappa shape index (κ2) is 8.47. The Bertz CT molecular complexity index is 1070. The van der Waals surface area contributed by atoms with Crippen LogP contribution in [0.25, 0.3) is 5.65 Å². The molecule has 0 spiro atoms. The average Bonchev–Trinajstić information content (AvgIpc) is 3.01. The average molecular weight is 416 g/mol. The van der Waals surface area contributed by atoms with Gasteiger partial charge in [0.05, 0.1) is 17.0 Å². The number of ketones is 1. The first-order valence-electron chi connectivity index (χ1n) is 9.87. The molecule has 0 amide bonds. The number of benzene rings is 1. The van der Waals surface area contributed by atoms with Crippen molar-refractivity contribution in [2.45, 2.75) is 59.1 Å². The van der Waals surface area contributed by atoms with Gasteiger partial charge >= 0.3 is 0 Å². The summed E-state index contributed by atoms with van der Waals surface area (Å²) in [5.41, 5.74) is 7.43. The lowest BCUT2D eigenvalue weighted by atomic mass is 9.92. The van der Waals surface area contributed by atoms with Crippen LogP contribution in [-0.2, 0) is 6.61 Å². The molecular formula is C22H26F2N4O2. The Kier molecular flexibility index (Phi) is 6.17. The lowest BCUT2D eigenvalue weighted by Crippen LogP contribution is -2.35. The number of aromatic nitrogens is 3. The highest BCUT2D eigenvalue weighted by molar-refractivity contribution is 5.96. The fraction of sp³-hybridized carbons (Fsp3) is 0.409. The van der Waals surface area contributed by atoms with Gasteiger partial charge in [-0.1, -0.05) is 13.0 Å². The van der Waals surface area contributed by atoms with Gasteiger partial charge in [0, 0.05) is 18.2 Å². The number of fused-ring (bicyclic) bond motifs is 1. The molecule has 0 aliphatic heterocycles. The van der Waals surface area contributed by atoms with Crippen LogP contribution < -0.4 is 10.5 Å². The maximum atomic E-state index is 13.9. The molecule has 1 atom stereocenters. The third-order valence-corrected chi connectivity index (χ3v) is 5.28. The van der Waals surface area contributed by atoms with E-state index in [2.05, 4.69) is 9.97 Å². The summed E-state index contributed by atoms with van der Waals surface area (Å²) in [6.07, 6.45) is 3.29. The summed E-state index contributed by atoms with van der Waals surface area (Å²) in [6, 6.07) is 3.62. The molecule has 1 aromatic carbocycles. The number of nitrogens with two attached hydrogens (primary N) is 1. The van der Waals surface area contributed by atoms with Gasteiger partial charge in [-0.15, -0.1) is 0 Å². The van der Waals surface area contributed by atoms with Crippen LogP contribution in [-0.4, -0.2) is 25.7 Å². The smallest absolute Gasteiger partial charge is 0.258 e. The van der Waals surface area contributed by atoms with E-state index < -0.39 is 17.2 Å². The van der Waals surface area contributed by atoms with E-state index in [-0.39, 0.29) is 30.3 Å². The molecule has 30 heavy (non-hydrogen) atoms. The molecule has 3 aromatic rings. The Balaban J connectivity index is 1.93. The van der Waals surface area contributed by atoms with Crippen LogP contribution in [0.5, 0.6) is 5.88 Å². The zero-order valence-corrected chi connectivity index (χ0v) is 17.6. The molecule has 2 N–H and O–H groups in total. The molecular weight excluding hydrogens is 390 g/mol. The quantitative estimate of drug-likeness (QED) is 0.554. The van der Waals surface area contributed by atoms with Crippen LogP contribution in [0.3, 0.4) is 0 Å². The van der Waals surface area contributed by atoms with Gasteiger partial charge in [0.25, 0.3) is 5.88 Å². The standard InChI is InChI=1S/C22H26F2N4O2/c1-5-22(4,25)10-9-18(29)19-14(3)27-20-21(26-13(2)11-28(19)20)30-12-15-16(23)7-6-8-17(15)24/h6-8,11H,5,9-10,12,25H2,1-4H3. The third kappa shape index (κ3) is 4.48.